The number of allylic oxidation sites excluding steroid dienone is 5. The third kappa shape index (κ3) is 22.2. The van der Waals surface area contributed by atoms with Crippen molar-refractivity contribution in [3.63, 3.8) is 0 Å². The Morgan fingerprint density at radius 1 is 0.506 bits per heavy atom. The third-order valence-electron chi connectivity index (χ3n) is 12.2. The first-order valence-corrected chi connectivity index (χ1v) is 27.7. The summed E-state index contributed by atoms with van der Waals surface area (Å²) in [6.07, 6.45) is 26.5. The number of pyridine rings is 4. The van der Waals surface area contributed by atoms with Crippen LogP contribution < -0.4 is 15.2 Å². The van der Waals surface area contributed by atoms with E-state index in [0.717, 1.165) is 52.3 Å². The number of nitroso groups, excluding NO2 is 1. The van der Waals surface area contributed by atoms with E-state index in [9.17, 15) is 4.91 Å². The number of rotatable bonds is 10. The molecule has 0 saturated carbocycles. The fourth-order valence-electron chi connectivity index (χ4n) is 8.18. The largest absolute Gasteiger partial charge is 0.267 e. The van der Waals surface area contributed by atoms with Gasteiger partial charge in [-0.15, -0.1) is 4.91 Å². The van der Waals surface area contributed by atoms with Crippen LogP contribution in [-0.4, -0.2) is 45.2 Å². The Labute approximate surface area is 491 Å². The summed E-state index contributed by atoms with van der Waals surface area (Å²) in [6, 6.07) is 64.4. The summed E-state index contributed by atoms with van der Waals surface area (Å²) in [7, 11) is 0. The molecular formula is C71H76N8O4. The summed E-state index contributed by atoms with van der Waals surface area (Å²) in [6.45, 7) is 18.7. The molecule has 0 spiro atoms. The minimum Gasteiger partial charge on any atom is -0.267 e. The van der Waals surface area contributed by atoms with E-state index in [2.05, 4.69) is 136 Å². The average Bonchev–Trinajstić information content (AvgIpc) is 3.55. The highest BCUT2D eigenvalue weighted by Crippen LogP contribution is 2.36. The predicted octanol–water partition coefficient (Wildman–Crippen LogP) is 17.3. The first-order chi connectivity index (χ1) is 40.5. The smallest absolute Gasteiger partial charge is 0.196 e. The molecule has 2 unspecified atom stereocenters. The van der Waals surface area contributed by atoms with Crippen molar-refractivity contribution >= 4 is 35.4 Å². The van der Waals surface area contributed by atoms with Gasteiger partial charge in [-0.1, -0.05) is 231 Å². The molecule has 4 aromatic heterocycles. The number of hydroxylamine groups is 3. The van der Waals surface area contributed by atoms with Crippen LogP contribution in [-0.2, 0) is 14.5 Å². The van der Waals surface area contributed by atoms with E-state index in [1.54, 1.807) is 18.2 Å². The molecule has 424 valence electrons. The van der Waals surface area contributed by atoms with Gasteiger partial charge in [-0.05, 0) is 124 Å². The molecule has 12 heteroatoms. The SMILES string of the molecule is C(/C=C/c1ccccc1)=C\c1ccccc1.C=C/C=C/C.Cc1cccc(N2CC=CC(C)O2)n1.Cc1cccc(N2OCC=CC2C)n1.Cc1cccc(N2O[C@@H](c3ccccc3)C=C[C@H]2c2ccccc2)n1.Cc1cccc(N=O)n1. The Balaban J connectivity index is 0.000000169. The summed E-state index contributed by atoms with van der Waals surface area (Å²) in [5, 5.41) is 8.24. The molecule has 3 aliphatic heterocycles. The molecule has 0 bridgehead atoms. The predicted molar refractivity (Wildman–Crippen MR) is 342 cm³/mol. The van der Waals surface area contributed by atoms with E-state index in [4.69, 9.17) is 14.5 Å². The zero-order valence-electron chi connectivity index (χ0n) is 48.6. The zero-order valence-corrected chi connectivity index (χ0v) is 48.6. The highest BCUT2D eigenvalue weighted by Gasteiger charge is 2.28. The van der Waals surface area contributed by atoms with Gasteiger partial charge in [0.2, 0.25) is 0 Å². The van der Waals surface area contributed by atoms with Crippen LogP contribution in [0.15, 0.2) is 273 Å². The normalized spacial score (nSPS) is 16.8. The lowest BCUT2D eigenvalue weighted by Gasteiger charge is -2.36. The molecule has 4 atom stereocenters. The van der Waals surface area contributed by atoms with Crippen LogP contribution in [0.2, 0.25) is 0 Å². The number of hydrogen-bond donors (Lipinski definition) is 0. The fourth-order valence-corrected chi connectivity index (χ4v) is 8.18. The van der Waals surface area contributed by atoms with Crippen molar-refractivity contribution in [3.8, 4) is 0 Å². The van der Waals surface area contributed by atoms with Crippen LogP contribution >= 0.6 is 0 Å². The fraction of sp³-hybridized carbons (Fsp3) is 0.183. The monoisotopic (exact) mass is 1100 g/mol. The van der Waals surface area contributed by atoms with Crippen molar-refractivity contribution in [3.05, 3.63) is 317 Å². The van der Waals surface area contributed by atoms with Crippen LogP contribution in [0.5, 0.6) is 0 Å². The molecule has 4 aromatic carbocycles. The number of anilines is 3. The maximum Gasteiger partial charge on any atom is 0.196 e. The second-order valence-corrected chi connectivity index (χ2v) is 19.0. The summed E-state index contributed by atoms with van der Waals surface area (Å²) >= 11 is 0. The van der Waals surface area contributed by atoms with Gasteiger partial charge in [0.25, 0.3) is 0 Å². The molecule has 0 aliphatic carbocycles. The van der Waals surface area contributed by atoms with Crippen LogP contribution in [0.25, 0.3) is 12.2 Å². The molecule has 83 heavy (non-hydrogen) atoms. The van der Waals surface area contributed by atoms with Gasteiger partial charge in [-0.25, -0.2) is 35.1 Å². The van der Waals surface area contributed by atoms with Gasteiger partial charge < -0.3 is 0 Å². The van der Waals surface area contributed by atoms with Gasteiger partial charge >= 0.3 is 0 Å². The highest BCUT2D eigenvalue weighted by molar-refractivity contribution is 5.57. The molecule has 0 fully saturated rings. The van der Waals surface area contributed by atoms with Gasteiger partial charge in [-0.2, -0.15) is 0 Å². The Bertz CT molecular complexity index is 3300. The Hall–Kier alpha value is -9.46. The van der Waals surface area contributed by atoms with E-state index in [-0.39, 0.29) is 30.1 Å². The average molecular weight is 1110 g/mol. The second-order valence-electron chi connectivity index (χ2n) is 19.0. The first-order valence-electron chi connectivity index (χ1n) is 27.7. The van der Waals surface area contributed by atoms with Gasteiger partial charge in [0, 0.05) is 22.8 Å². The minimum absolute atomic E-state index is 0.00420. The van der Waals surface area contributed by atoms with Crippen LogP contribution in [0, 0.1) is 32.6 Å². The Morgan fingerprint density at radius 2 is 1.00 bits per heavy atom. The lowest BCUT2D eigenvalue weighted by molar-refractivity contribution is 0.0385. The number of aromatic nitrogens is 4. The van der Waals surface area contributed by atoms with E-state index in [0.29, 0.717) is 6.61 Å². The lowest BCUT2D eigenvalue weighted by atomic mass is 10.0. The molecule has 0 radical (unpaired) electrons. The summed E-state index contributed by atoms with van der Waals surface area (Å²) in [5.74, 6) is 2.82. The van der Waals surface area contributed by atoms with Crippen molar-refractivity contribution in [2.45, 2.75) is 72.8 Å². The molecule has 3 aliphatic rings. The zero-order chi connectivity index (χ0) is 58.9. The van der Waals surface area contributed by atoms with Gasteiger partial charge in [-0.3, -0.25) is 14.5 Å². The molecule has 0 N–H and O–H groups in total. The second kappa shape index (κ2) is 35.3. The standard InChI is InChI=1S/C22H20N2O.C16H14.2C11H14N2O.C6H6N2O.C5H8/c1-17-9-8-14-22(23-17)24-20(18-10-4-2-5-11-18)15-16-21(25-24)19-12-6-3-7-13-19;1-3-9-15(10-4-1)13-7-8-14-16-11-5-2-6-12-16;1-9-5-3-7-11(12-9)13-10(2)6-4-8-14-13;1-9-5-3-7-11(12-9)13-8-4-6-10(2)14-13;1-5-3-2-4-6(7-5)8-9;1-3-5-4-2/h2-16,20-21H,1H3;1-14H;2*3-7,10H,8H2,1-2H3;2-4H,1H3;3-5H,1H2,2H3/b;13-7+,14-8+;;;;5-4+/t20-,21+;;;;;/m0...../s1. The third-order valence-corrected chi connectivity index (χ3v) is 12.2. The first kappa shape index (κ1) is 62.7. The number of aryl methyl sites for hydroxylation is 4. The van der Waals surface area contributed by atoms with Crippen molar-refractivity contribution in [2.24, 2.45) is 5.18 Å². The van der Waals surface area contributed by atoms with Gasteiger partial charge in [0.05, 0.1) is 19.2 Å². The van der Waals surface area contributed by atoms with E-state index >= 15 is 0 Å². The molecule has 11 rings (SSSR count). The van der Waals surface area contributed by atoms with Crippen molar-refractivity contribution in [2.75, 3.05) is 28.3 Å². The van der Waals surface area contributed by atoms with Gasteiger partial charge in [0.1, 0.15) is 18.2 Å². The van der Waals surface area contributed by atoms with Crippen molar-refractivity contribution in [1.29, 1.82) is 0 Å². The summed E-state index contributed by atoms with van der Waals surface area (Å²) < 4.78 is 0. The minimum atomic E-state index is -0.122. The van der Waals surface area contributed by atoms with E-state index < -0.39 is 0 Å². The maximum atomic E-state index is 9.85. The van der Waals surface area contributed by atoms with E-state index in [1.807, 2.05) is 214 Å². The van der Waals surface area contributed by atoms with Crippen molar-refractivity contribution < 1.29 is 14.5 Å². The number of nitrogens with zero attached hydrogens (tertiary/aromatic N) is 8. The molecule has 0 amide bonds. The Morgan fingerprint density at radius 3 is 1.47 bits per heavy atom. The van der Waals surface area contributed by atoms with Crippen LogP contribution in [0.4, 0.5) is 23.3 Å². The highest BCUT2D eigenvalue weighted by atomic mass is 16.7. The van der Waals surface area contributed by atoms with Crippen LogP contribution in [0.1, 0.15) is 77.9 Å². The molecular weight excluding hydrogens is 1030 g/mol. The van der Waals surface area contributed by atoms with E-state index in [1.165, 1.54) is 16.7 Å². The molecule has 8 aromatic rings. The summed E-state index contributed by atoms with van der Waals surface area (Å²) in [4.78, 5) is 44.6. The van der Waals surface area contributed by atoms with Crippen LogP contribution in [0.3, 0.4) is 0 Å². The van der Waals surface area contributed by atoms with Crippen molar-refractivity contribution in [1.82, 2.24) is 19.9 Å². The van der Waals surface area contributed by atoms with Gasteiger partial charge in [0.15, 0.2) is 23.3 Å². The molecule has 0 saturated heterocycles. The number of hydrogen-bond acceptors (Lipinski definition) is 12. The molecule has 12 nitrogen and oxygen atoms in total. The Kier molecular flexibility index (Phi) is 26.7. The quantitative estimate of drug-likeness (QED) is 0.0740. The maximum absolute atomic E-state index is 9.85. The molecule has 7 heterocycles. The lowest BCUT2D eigenvalue weighted by Crippen LogP contribution is -2.35. The summed E-state index contributed by atoms with van der Waals surface area (Å²) in [5.41, 5.74) is 8.55. The number of benzene rings is 4. The topological polar surface area (TPSA) is 118 Å².